The monoisotopic (exact) mass is 405 g/mol. The highest BCUT2D eigenvalue weighted by Gasteiger charge is 2.43. The van der Waals surface area contributed by atoms with E-state index >= 15 is 0 Å². The van der Waals surface area contributed by atoms with Gasteiger partial charge in [-0.3, -0.25) is 4.79 Å². The van der Waals surface area contributed by atoms with E-state index in [9.17, 15) is 9.59 Å². The summed E-state index contributed by atoms with van der Waals surface area (Å²) in [6.07, 6.45) is 0. The van der Waals surface area contributed by atoms with Crippen LogP contribution in [0.2, 0.25) is 5.02 Å². The maximum atomic E-state index is 12.6. The Morgan fingerprint density at radius 3 is 2.41 bits per heavy atom. The van der Waals surface area contributed by atoms with E-state index < -0.39 is 12.0 Å². The van der Waals surface area contributed by atoms with E-state index in [1.54, 1.807) is 33.2 Å². The zero-order chi connectivity index (χ0) is 19.9. The SMILES string of the molecule is COC(=O)C1=C(C)N=C2SC(C(=O)N(C)C)=C(C)N2[C@@H]1c1ccc(Cl)cc1. The molecule has 1 aromatic rings. The van der Waals surface area contributed by atoms with Crippen molar-refractivity contribution in [3.8, 4) is 0 Å². The largest absolute Gasteiger partial charge is 0.466 e. The van der Waals surface area contributed by atoms with Crippen LogP contribution in [0.1, 0.15) is 25.5 Å². The van der Waals surface area contributed by atoms with Crippen LogP contribution in [0.15, 0.2) is 51.1 Å². The number of ether oxygens (including phenoxy) is 1. The number of allylic oxidation sites excluding steroid dienone is 2. The Kier molecular flexibility index (Phi) is 5.35. The molecule has 0 aromatic heterocycles. The van der Waals surface area contributed by atoms with E-state index in [1.165, 1.54) is 23.8 Å². The van der Waals surface area contributed by atoms with Crippen molar-refractivity contribution in [1.82, 2.24) is 9.80 Å². The number of hydrogen-bond donors (Lipinski definition) is 0. The number of esters is 1. The number of thioether (sulfide) groups is 1. The van der Waals surface area contributed by atoms with Gasteiger partial charge in [-0.1, -0.05) is 23.7 Å². The molecular formula is C19H20ClN3O3S. The van der Waals surface area contributed by atoms with Crippen molar-refractivity contribution in [2.75, 3.05) is 21.2 Å². The first-order valence-corrected chi connectivity index (χ1v) is 9.48. The molecule has 0 spiro atoms. The summed E-state index contributed by atoms with van der Waals surface area (Å²) < 4.78 is 5.01. The van der Waals surface area contributed by atoms with Crippen LogP contribution in [-0.4, -0.2) is 48.0 Å². The number of likely N-dealkylation sites (N-methyl/N-ethyl adjacent to an activating group) is 1. The standard InChI is InChI=1S/C19H20ClN3O3S/c1-10-14(18(25)26-5)15(12-6-8-13(20)9-7-12)23-11(2)16(17(24)22(3)4)27-19(23)21-10/h6-9,15H,1-5H3/t15-/m1/s1. The van der Waals surface area contributed by atoms with Crippen LogP contribution in [0, 0.1) is 0 Å². The first kappa shape index (κ1) is 19.5. The zero-order valence-electron chi connectivity index (χ0n) is 15.7. The Hall–Kier alpha value is -2.25. The van der Waals surface area contributed by atoms with Crippen molar-refractivity contribution < 1.29 is 14.3 Å². The number of rotatable bonds is 3. The van der Waals surface area contributed by atoms with Crippen LogP contribution >= 0.6 is 23.4 Å². The van der Waals surface area contributed by atoms with Gasteiger partial charge in [-0.05, 0) is 43.3 Å². The summed E-state index contributed by atoms with van der Waals surface area (Å²) in [6, 6.07) is 6.86. The first-order chi connectivity index (χ1) is 12.8. The summed E-state index contributed by atoms with van der Waals surface area (Å²) in [6.45, 7) is 3.64. The highest BCUT2D eigenvalue weighted by Crippen LogP contribution is 2.47. The molecule has 0 saturated carbocycles. The van der Waals surface area contributed by atoms with Gasteiger partial charge in [0.2, 0.25) is 0 Å². The third kappa shape index (κ3) is 3.37. The smallest absolute Gasteiger partial charge is 0.338 e. The minimum atomic E-state index is -0.444. The van der Waals surface area contributed by atoms with Gasteiger partial charge < -0.3 is 14.5 Å². The van der Waals surface area contributed by atoms with Crippen LogP contribution in [-0.2, 0) is 14.3 Å². The molecule has 1 aromatic carbocycles. The lowest BCUT2D eigenvalue weighted by atomic mass is 9.94. The Morgan fingerprint density at radius 2 is 1.85 bits per heavy atom. The predicted molar refractivity (Wildman–Crippen MR) is 107 cm³/mol. The minimum absolute atomic E-state index is 0.0956. The molecule has 3 rings (SSSR count). The summed E-state index contributed by atoms with van der Waals surface area (Å²) in [5.74, 6) is -0.540. The number of halogens is 1. The second-order valence-corrected chi connectivity index (χ2v) is 7.84. The van der Waals surface area contributed by atoms with Gasteiger partial charge in [0.1, 0.15) is 0 Å². The topological polar surface area (TPSA) is 62.2 Å². The minimum Gasteiger partial charge on any atom is -0.466 e. The van der Waals surface area contributed by atoms with E-state index in [4.69, 9.17) is 16.3 Å². The molecule has 0 unspecified atom stereocenters. The van der Waals surface area contributed by atoms with E-state index in [0.29, 0.717) is 26.4 Å². The average molecular weight is 406 g/mol. The number of nitrogens with zero attached hydrogens (tertiary/aromatic N) is 3. The van der Waals surface area contributed by atoms with Gasteiger partial charge in [-0.2, -0.15) is 0 Å². The number of benzene rings is 1. The third-order valence-corrected chi connectivity index (χ3v) is 5.86. The second kappa shape index (κ2) is 7.40. The molecule has 0 aliphatic carbocycles. The van der Waals surface area contributed by atoms with Gasteiger partial charge in [-0.15, -0.1) is 0 Å². The second-order valence-electron chi connectivity index (χ2n) is 6.43. The fourth-order valence-electron chi connectivity index (χ4n) is 3.11. The quantitative estimate of drug-likeness (QED) is 0.719. The number of aliphatic imine (C=N–C) groups is 1. The van der Waals surface area contributed by atoms with E-state index in [-0.39, 0.29) is 5.91 Å². The number of hydrogen-bond acceptors (Lipinski definition) is 6. The normalized spacial score (nSPS) is 19.1. The van der Waals surface area contributed by atoms with Gasteiger partial charge in [0.05, 0.1) is 29.3 Å². The Balaban J connectivity index is 2.18. The van der Waals surface area contributed by atoms with Crippen molar-refractivity contribution in [1.29, 1.82) is 0 Å². The molecule has 0 radical (unpaired) electrons. The van der Waals surface area contributed by atoms with Crippen LogP contribution in [0.3, 0.4) is 0 Å². The van der Waals surface area contributed by atoms with Crippen molar-refractivity contribution in [2.24, 2.45) is 4.99 Å². The maximum Gasteiger partial charge on any atom is 0.338 e. The molecule has 27 heavy (non-hydrogen) atoms. The molecule has 6 nitrogen and oxygen atoms in total. The Bertz CT molecular complexity index is 903. The fourth-order valence-corrected chi connectivity index (χ4v) is 4.46. The Morgan fingerprint density at radius 1 is 1.22 bits per heavy atom. The van der Waals surface area contributed by atoms with Crippen molar-refractivity contribution in [3.05, 3.63) is 56.7 Å². The van der Waals surface area contributed by atoms with Gasteiger partial charge in [0, 0.05) is 24.8 Å². The number of amidine groups is 1. The number of carbonyl (C=O) groups excluding carboxylic acids is 2. The molecule has 1 amide bonds. The van der Waals surface area contributed by atoms with E-state index in [2.05, 4.69) is 4.99 Å². The van der Waals surface area contributed by atoms with Gasteiger partial charge in [-0.25, -0.2) is 9.79 Å². The maximum absolute atomic E-state index is 12.6. The average Bonchev–Trinajstić information content (AvgIpc) is 2.96. The zero-order valence-corrected chi connectivity index (χ0v) is 17.3. The molecule has 2 heterocycles. The lowest BCUT2D eigenvalue weighted by molar-refractivity contribution is -0.136. The fraction of sp³-hybridized carbons (Fsp3) is 0.316. The van der Waals surface area contributed by atoms with Crippen molar-refractivity contribution >= 4 is 40.4 Å². The van der Waals surface area contributed by atoms with Gasteiger partial charge in [0.25, 0.3) is 5.91 Å². The molecule has 2 aliphatic rings. The number of amides is 1. The lowest BCUT2D eigenvalue weighted by Gasteiger charge is -2.35. The Labute approximate surface area is 167 Å². The number of fused-ring (bicyclic) bond motifs is 1. The summed E-state index contributed by atoms with van der Waals surface area (Å²) in [4.78, 5) is 33.8. The van der Waals surface area contributed by atoms with Gasteiger partial charge in [0.15, 0.2) is 5.17 Å². The molecule has 0 fully saturated rings. The highest BCUT2D eigenvalue weighted by molar-refractivity contribution is 8.18. The molecule has 0 saturated heterocycles. The molecule has 2 aliphatic heterocycles. The molecular weight excluding hydrogens is 386 g/mol. The highest BCUT2D eigenvalue weighted by atomic mass is 35.5. The van der Waals surface area contributed by atoms with Crippen molar-refractivity contribution in [2.45, 2.75) is 19.9 Å². The molecule has 8 heteroatoms. The van der Waals surface area contributed by atoms with Crippen molar-refractivity contribution in [3.63, 3.8) is 0 Å². The van der Waals surface area contributed by atoms with E-state index in [1.807, 2.05) is 24.0 Å². The summed E-state index contributed by atoms with van der Waals surface area (Å²) >= 11 is 7.36. The van der Waals surface area contributed by atoms with Crippen LogP contribution < -0.4 is 0 Å². The van der Waals surface area contributed by atoms with Crippen LogP contribution in [0.4, 0.5) is 0 Å². The molecule has 1 atom stereocenters. The van der Waals surface area contributed by atoms with E-state index in [0.717, 1.165) is 11.3 Å². The predicted octanol–water partition coefficient (Wildman–Crippen LogP) is 3.57. The molecule has 0 N–H and O–H groups in total. The molecule has 142 valence electrons. The summed E-state index contributed by atoms with van der Waals surface area (Å²) in [5.41, 5.74) is 2.64. The van der Waals surface area contributed by atoms with Gasteiger partial charge >= 0.3 is 5.97 Å². The number of methoxy groups -OCH3 is 1. The summed E-state index contributed by atoms with van der Waals surface area (Å²) in [5, 5.41) is 1.28. The number of carbonyl (C=O) groups is 2. The van der Waals surface area contributed by atoms with Crippen LogP contribution in [0.25, 0.3) is 0 Å². The first-order valence-electron chi connectivity index (χ1n) is 8.29. The van der Waals surface area contributed by atoms with Crippen LogP contribution in [0.5, 0.6) is 0 Å². The summed E-state index contributed by atoms with van der Waals surface area (Å²) in [7, 11) is 4.77. The third-order valence-electron chi connectivity index (χ3n) is 4.47. The molecule has 0 bridgehead atoms. The lowest BCUT2D eigenvalue weighted by Crippen LogP contribution is -2.36.